The highest BCUT2D eigenvalue weighted by atomic mass is 15.4. The van der Waals surface area contributed by atoms with E-state index in [1.807, 2.05) is 17.7 Å². The molecule has 0 radical (unpaired) electrons. The zero-order valence-electron chi connectivity index (χ0n) is 12.9. The van der Waals surface area contributed by atoms with Crippen molar-refractivity contribution in [1.82, 2.24) is 34.5 Å². The molecule has 1 saturated heterocycles. The maximum Gasteiger partial charge on any atom is 0.160 e. The monoisotopic (exact) mass is 310 g/mol. The highest BCUT2D eigenvalue weighted by Crippen LogP contribution is 2.38. The molecule has 4 rings (SSSR count). The molecular formula is C15H18N8. The van der Waals surface area contributed by atoms with Crippen molar-refractivity contribution in [1.29, 1.82) is 5.41 Å². The molecule has 0 spiro atoms. The first-order valence-corrected chi connectivity index (χ1v) is 7.58. The molecule has 2 aliphatic heterocycles. The summed E-state index contributed by atoms with van der Waals surface area (Å²) in [5.41, 5.74) is 0.738. The van der Waals surface area contributed by atoms with E-state index in [2.05, 4.69) is 32.0 Å². The van der Waals surface area contributed by atoms with Gasteiger partial charge in [-0.25, -0.2) is 4.98 Å². The summed E-state index contributed by atoms with van der Waals surface area (Å²) in [6.45, 7) is 6.78. The predicted molar refractivity (Wildman–Crippen MR) is 86.1 cm³/mol. The Morgan fingerprint density at radius 1 is 1.48 bits per heavy atom. The van der Waals surface area contributed by atoms with Crippen molar-refractivity contribution in [2.45, 2.75) is 25.8 Å². The highest BCUT2D eigenvalue weighted by Gasteiger charge is 2.39. The Labute approximate surface area is 133 Å². The molecule has 1 fully saturated rings. The molecule has 2 aromatic heterocycles. The molecule has 0 saturated carbocycles. The van der Waals surface area contributed by atoms with Crippen LogP contribution in [-0.4, -0.2) is 41.6 Å². The van der Waals surface area contributed by atoms with E-state index in [9.17, 15) is 0 Å². The molecule has 0 bridgehead atoms. The second-order valence-corrected chi connectivity index (χ2v) is 5.73. The summed E-state index contributed by atoms with van der Waals surface area (Å²) in [4.78, 5) is 6.10. The van der Waals surface area contributed by atoms with E-state index < -0.39 is 0 Å². The van der Waals surface area contributed by atoms with E-state index in [4.69, 9.17) is 5.41 Å². The van der Waals surface area contributed by atoms with E-state index in [-0.39, 0.29) is 6.04 Å². The number of hydrogen-bond donors (Lipinski definition) is 2. The number of nitrogens with zero attached hydrogens (tertiary/aromatic N) is 6. The van der Waals surface area contributed by atoms with E-state index in [0.29, 0.717) is 11.7 Å². The lowest BCUT2D eigenvalue weighted by Gasteiger charge is -2.33. The summed E-state index contributed by atoms with van der Waals surface area (Å²) in [5.74, 6) is 2.86. The molecule has 8 nitrogen and oxygen atoms in total. The molecule has 23 heavy (non-hydrogen) atoms. The van der Waals surface area contributed by atoms with E-state index >= 15 is 0 Å². The van der Waals surface area contributed by atoms with Crippen molar-refractivity contribution >= 4 is 17.4 Å². The standard InChI is InChI=1S/C15H18N8/c1-10(21-7-5-17-9-21)18-8-13-14(16)22-6-3-4-12(22)15-20-19-11(2)23(13)15/h5,7-9,12,16,18H,1,3-4,6H2,2H3/t12-/m1/s1. The van der Waals surface area contributed by atoms with Gasteiger partial charge >= 0.3 is 0 Å². The lowest BCUT2D eigenvalue weighted by molar-refractivity contribution is 0.368. The normalized spacial score (nSPS) is 21.4. The van der Waals surface area contributed by atoms with Crippen molar-refractivity contribution in [3.63, 3.8) is 0 Å². The summed E-state index contributed by atoms with van der Waals surface area (Å²) < 4.78 is 3.74. The van der Waals surface area contributed by atoms with Crippen LogP contribution in [0.3, 0.4) is 0 Å². The molecule has 0 aromatic carbocycles. The first-order valence-electron chi connectivity index (χ1n) is 7.58. The minimum absolute atomic E-state index is 0.165. The van der Waals surface area contributed by atoms with Gasteiger partial charge in [-0.15, -0.1) is 10.2 Å². The van der Waals surface area contributed by atoms with Crippen LogP contribution in [0, 0.1) is 12.3 Å². The molecule has 2 aromatic rings. The molecule has 8 heteroatoms. The van der Waals surface area contributed by atoms with Crippen LogP contribution in [0.15, 0.2) is 31.5 Å². The van der Waals surface area contributed by atoms with Gasteiger partial charge in [-0.1, -0.05) is 6.58 Å². The van der Waals surface area contributed by atoms with Crippen LogP contribution in [0.25, 0.3) is 11.5 Å². The first-order chi connectivity index (χ1) is 11.2. The average molecular weight is 310 g/mol. The van der Waals surface area contributed by atoms with Gasteiger partial charge in [0.05, 0.1) is 6.04 Å². The van der Waals surface area contributed by atoms with Crippen LogP contribution in [0.4, 0.5) is 0 Å². The molecule has 118 valence electrons. The third-order valence-corrected chi connectivity index (χ3v) is 4.36. The smallest absolute Gasteiger partial charge is 0.160 e. The van der Waals surface area contributed by atoms with Crippen LogP contribution in [0.2, 0.25) is 0 Å². The van der Waals surface area contributed by atoms with Gasteiger partial charge in [-0.05, 0) is 19.8 Å². The number of aromatic nitrogens is 5. The van der Waals surface area contributed by atoms with Crippen LogP contribution < -0.4 is 5.32 Å². The molecular weight excluding hydrogens is 292 g/mol. The number of amidine groups is 1. The highest BCUT2D eigenvalue weighted by molar-refractivity contribution is 6.16. The van der Waals surface area contributed by atoms with Crippen LogP contribution in [0.1, 0.15) is 30.5 Å². The molecule has 4 heterocycles. The fourth-order valence-corrected chi connectivity index (χ4v) is 3.23. The number of fused-ring (bicyclic) bond motifs is 3. The number of hydrogen-bond acceptors (Lipinski definition) is 5. The van der Waals surface area contributed by atoms with Gasteiger partial charge < -0.3 is 10.2 Å². The van der Waals surface area contributed by atoms with Gasteiger partial charge in [0.2, 0.25) is 0 Å². The number of imidazole rings is 1. The largest absolute Gasteiger partial charge is 0.346 e. The first kappa shape index (κ1) is 13.7. The van der Waals surface area contributed by atoms with Gasteiger partial charge in [0, 0.05) is 25.1 Å². The van der Waals surface area contributed by atoms with Crippen LogP contribution >= 0.6 is 0 Å². The van der Waals surface area contributed by atoms with Crippen molar-refractivity contribution < 1.29 is 0 Å². The molecule has 2 N–H and O–H groups in total. The number of aryl methyl sites for hydroxylation is 1. The van der Waals surface area contributed by atoms with Gasteiger partial charge in [0.25, 0.3) is 0 Å². The van der Waals surface area contributed by atoms with Crippen molar-refractivity contribution in [3.05, 3.63) is 43.1 Å². The lowest BCUT2D eigenvalue weighted by Crippen LogP contribution is -2.39. The van der Waals surface area contributed by atoms with E-state index in [1.54, 1.807) is 23.3 Å². The predicted octanol–water partition coefficient (Wildman–Crippen LogP) is 1.43. The molecule has 1 atom stereocenters. The summed E-state index contributed by atoms with van der Waals surface area (Å²) in [7, 11) is 0. The Kier molecular flexibility index (Phi) is 3.03. The Hall–Kier alpha value is -2.90. The van der Waals surface area contributed by atoms with Crippen molar-refractivity contribution in [2.75, 3.05) is 6.54 Å². The molecule has 0 aliphatic carbocycles. The SMILES string of the molecule is C=C(NC=C1C(=N)N2CCC[C@@H]2c2nnc(C)n21)n1ccnc1. The van der Waals surface area contributed by atoms with E-state index in [1.165, 1.54) is 0 Å². The summed E-state index contributed by atoms with van der Waals surface area (Å²) >= 11 is 0. The number of nitrogens with one attached hydrogen (secondary N) is 2. The minimum Gasteiger partial charge on any atom is -0.346 e. The Morgan fingerprint density at radius 3 is 3.13 bits per heavy atom. The van der Waals surface area contributed by atoms with Gasteiger partial charge in [-0.2, -0.15) is 0 Å². The van der Waals surface area contributed by atoms with E-state index in [0.717, 1.165) is 36.7 Å². The Morgan fingerprint density at radius 2 is 2.35 bits per heavy atom. The summed E-state index contributed by atoms with van der Waals surface area (Å²) in [6.07, 6.45) is 9.06. The van der Waals surface area contributed by atoms with Crippen molar-refractivity contribution in [2.24, 2.45) is 0 Å². The second-order valence-electron chi connectivity index (χ2n) is 5.73. The number of rotatable bonds is 3. The summed E-state index contributed by atoms with van der Waals surface area (Å²) in [6, 6.07) is 0.165. The molecule has 0 amide bonds. The zero-order chi connectivity index (χ0) is 16.0. The second kappa shape index (κ2) is 5.08. The maximum atomic E-state index is 8.55. The zero-order valence-corrected chi connectivity index (χ0v) is 12.9. The quantitative estimate of drug-likeness (QED) is 0.895. The third kappa shape index (κ3) is 2.06. The average Bonchev–Trinajstić information content (AvgIpc) is 3.27. The van der Waals surface area contributed by atoms with Crippen LogP contribution in [0.5, 0.6) is 0 Å². The Balaban J connectivity index is 1.71. The van der Waals surface area contributed by atoms with Crippen LogP contribution in [-0.2, 0) is 0 Å². The summed E-state index contributed by atoms with van der Waals surface area (Å²) in [5, 5.41) is 20.2. The topological polar surface area (TPSA) is 87.7 Å². The Bertz CT molecular complexity index is 798. The minimum atomic E-state index is 0.165. The molecule has 0 unspecified atom stereocenters. The lowest BCUT2D eigenvalue weighted by atomic mass is 10.1. The van der Waals surface area contributed by atoms with Gasteiger partial charge in [-0.3, -0.25) is 14.5 Å². The maximum absolute atomic E-state index is 8.55. The van der Waals surface area contributed by atoms with Gasteiger partial charge in [0.15, 0.2) is 5.82 Å². The van der Waals surface area contributed by atoms with Gasteiger partial charge in [0.1, 0.15) is 29.5 Å². The fraction of sp³-hybridized carbons (Fsp3) is 0.333. The fourth-order valence-electron chi connectivity index (χ4n) is 3.23. The molecule has 2 aliphatic rings. The van der Waals surface area contributed by atoms with Crippen molar-refractivity contribution in [3.8, 4) is 0 Å². The third-order valence-electron chi connectivity index (χ3n) is 4.36.